The topological polar surface area (TPSA) is 84.9 Å². The zero-order valence-corrected chi connectivity index (χ0v) is 12.7. The van der Waals surface area contributed by atoms with Gasteiger partial charge in [-0.3, -0.25) is 4.90 Å². The largest absolute Gasteiger partial charge is 0.373 e. The first-order valence-electron chi connectivity index (χ1n) is 7.93. The lowest BCUT2D eigenvalue weighted by atomic mass is 10.2. The minimum absolute atomic E-state index is 0.0320. The number of rotatable bonds is 4. The number of nitrogens with one attached hydrogen (secondary N) is 1. The van der Waals surface area contributed by atoms with Crippen LogP contribution in [0, 0.1) is 10.1 Å². The highest BCUT2D eigenvalue weighted by Crippen LogP contribution is 2.26. The van der Waals surface area contributed by atoms with Crippen LogP contribution in [0.1, 0.15) is 12.8 Å². The van der Waals surface area contributed by atoms with Crippen LogP contribution in [-0.2, 0) is 4.74 Å². The maximum Gasteiger partial charge on any atom is 0.372 e. The standard InChI is InChI=1S/C15H19N5O3/c21-20(22)15-14(17-13-5-1-2-7-19(13)15)16-8-12-9-18-6-3-4-11(18)10-23-12/h1-2,5,7,11-12,16H,3-4,6,8-10H2/t11-,12+/m1/s1. The highest BCUT2D eigenvalue weighted by Gasteiger charge is 2.32. The summed E-state index contributed by atoms with van der Waals surface area (Å²) in [5.74, 6) is 0.267. The maximum atomic E-state index is 11.4. The minimum atomic E-state index is -0.402. The molecule has 0 amide bonds. The molecule has 23 heavy (non-hydrogen) atoms. The summed E-state index contributed by atoms with van der Waals surface area (Å²) in [6.07, 6.45) is 4.12. The first-order chi connectivity index (χ1) is 11.2. The van der Waals surface area contributed by atoms with Gasteiger partial charge in [-0.15, -0.1) is 0 Å². The Labute approximate surface area is 133 Å². The van der Waals surface area contributed by atoms with Gasteiger partial charge in [0.2, 0.25) is 11.5 Å². The molecule has 0 radical (unpaired) electrons. The summed E-state index contributed by atoms with van der Waals surface area (Å²) in [4.78, 5) is 17.7. The van der Waals surface area contributed by atoms with E-state index < -0.39 is 4.92 Å². The first-order valence-corrected chi connectivity index (χ1v) is 7.93. The van der Waals surface area contributed by atoms with E-state index in [1.165, 1.54) is 17.2 Å². The van der Waals surface area contributed by atoms with Gasteiger partial charge in [0.25, 0.3) is 0 Å². The molecule has 2 atom stereocenters. The summed E-state index contributed by atoms with van der Waals surface area (Å²) < 4.78 is 7.37. The lowest BCUT2D eigenvalue weighted by Gasteiger charge is -2.35. The molecule has 2 saturated heterocycles. The second-order valence-electron chi connectivity index (χ2n) is 6.10. The molecule has 0 aliphatic carbocycles. The van der Waals surface area contributed by atoms with Gasteiger partial charge in [0, 0.05) is 25.2 Å². The van der Waals surface area contributed by atoms with Gasteiger partial charge in [0.05, 0.1) is 18.9 Å². The number of aromatic nitrogens is 2. The van der Waals surface area contributed by atoms with Crippen LogP contribution in [0.25, 0.3) is 5.65 Å². The van der Waals surface area contributed by atoms with E-state index in [1.807, 2.05) is 6.07 Å². The van der Waals surface area contributed by atoms with Crippen molar-refractivity contribution < 1.29 is 9.66 Å². The number of imidazole rings is 1. The van der Waals surface area contributed by atoms with E-state index in [2.05, 4.69) is 15.2 Å². The number of anilines is 1. The predicted molar refractivity (Wildman–Crippen MR) is 84.7 cm³/mol. The van der Waals surface area contributed by atoms with Crippen LogP contribution in [0.3, 0.4) is 0 Å². The summed E-state index contributed by atoms with van der Waals surface area (Å²) in [5.41, 5.74) is 0.561. The van der Waals surface area contributed by atoms with Crippen molar-refractivity contribution in [3.05, 3.63) is 34.5 Å². The molecule has 2 aromatic heterocycles. The Bertz CT molecular complexity index is 731. The fourth-order valence-electron chi connectivity index (χ4n) is 3.50. The Kier molecular flexibility index (Phi) is 3.62. The third-order valence-electron chi connectivity index (χ3n) is 4.64. The Morgan fingerprint density at radius 3 is 3.26 bits per heavy atom. The molecule has 0 spiro atoms. The van der Waals surface area contributed by atoms with Gasteiger partial charge in [-0.1, -0.05) is 6.07 Å². The van der Waals surface area contributed by atoms with E-state index in [0.29, 0.717) is 24.1 Å². The van der Waals surface area contributed by atoms with Crippen molar-refractivity contribution in [2.45, 2.75) is 25.0 Å². The number of fused-ring (bicyclic) bond motifs is 2. The van der Waals surface area contributed by atoms with Gasteiger partial charge in [-0.05, 0) is 30.4 Å². The molecule has 4 heterocycles. The van der Waals surface area contributed by atoms with E-state index >= 15 is 0 Å². The molecule has 8 nitrogen and oxygen atoms in total. The van der Waals surface area contributed by atoms with Crippen LogP contribution in [0.2, 0.25) is 0 Å². The van der Waals surface area contributed by atoms with E-state index in [4.69, 9.17) is 4.74 Å². The maximum absolute atomic E-state index is 11.4. The van der Waals surface area contributed by atoms with E-state index in [-0.39, 0.29) is 11.9 Å². The number of morpholine rings is 1. The van der Waals surface area contributed by atoms with Gasteiger partial charge in [0.1, 0.15) is 0 Å². The van der Waals surface area contributed by atoms with Crippen LogP contribution >= 0.6 is 0 Å². The molecule has 2 aromatic rings. The second-order valence-corrected chi connectivity index (χ2v) is 6.10. The molecule has 0 bridgehead atoms. The zero-order valence-electron chi connectivity index (χ0n) is 12.7. The lowest BCUT2D eigenvalue weighted by Crippen LogP contribution is -2.48. The molecule has 2 aliphatic rings. The molecule has 0 aromatic carbocycles. The first kappa shape index (κ1) is 14.4. The van der Waals surface area contributed by atoms with Crippen molar-refractivity contribution >= 4 is 17.3 Å². The molecule has 8 heteroatoms. The number of ether oxygens (including phenoxy) is 1. The highest BCUT2D eigenvalue weighted by molar-refractivity contribution is 5.62. The molecule has 0 saturated carbocycles. The van der Waals surface area contributed by atoms with Crippen LogP contribution < -0.4 is 5.32 Å². The van der Waals surface area contributed by atoms with Crippen LogP contribution in [0.5, 0.6) is 0 Å². The molecule has 2 fully saturated rings. The number of nitro groups is 1. The van der Waals surface area contributed by atoms with Crippen LogP contribution in [-0.4, -0.2) is 57.6 Å². The summed E-state index contributed by atoms with van der Waals surface area (Å²) in [5, 5.41) is 14.5. The van der Waals surface area contributed by atoms with Crippen molar-refractivity contribution in [1.82, 2.24) is 14.3 Å². The Hall–Kier alpha value is -2.19. The highest BCUT2D eigenvalue weighted by atomic mass is 16.6. The fraction of sp³-hybridized carbons (Fsp3) is 0.533. The average molecular weight is 317 g/mol. The van der Waals surface area contributed by atoms with Crippen LogP contribution in [0.15, 0.2) is 24.4 Å². The molecular weight excluding hydrogens is 298 g/mol. The van der Waals surface area contributed by atoms with Gasteiger partial charge in [-0.2, -0.15) is 9.38 Å². The normalized spacial score (nSPS) is 24.7. The summed E-state index contributed by atoms with van der Waals surface area (Å²) >= 11 is 0. The zero-order chi connectivity index (χ0) is 15.8. The van der Waals surface area contributed by atoms with Crippen molar-refractivity contribution in [2.24, 2.45) is 0 Å². The molecule has 0 unspecified atom stereocenters. The molecule has 4 rings (SSSR count). The second kappa shape index (κ2) is 5.78. The molecule has 122 valence electrons. The van der Waals surface area contributed by atoms with Crippen molar-refractivity contribution in [2.75, 3.05) is 31.6 Å². The number of hydrogen-bond donors (Lipinski definition) is 1. The fourth-order valence-corrected chi connectivity index (χ4v) is 3.50. The SMILES string of the molecule is O=[N+]([O-])c1c(NC[C@H]2CN3CCC[C@@H]3CO2)nc2ccccn12. The minimum Gasteiger partial charge on any atom is -0.373 e. The van der Waals surface area contributed by atoms with Crippen molar-refractivity contribution in [1.29, 1.82) is 0 Å². The van der Waals surface area contributed by atoms with Crippen molar-refractivity contribution in [3.63, 3.8) is 0 Å². The van der Waals surface area contributed by atoms with E-state index in [9.17, 15) is 10.1 Å². The number of hydrogen-bond acceptors (Lipinski definition) is 6. The third-order valence-corrected chi connectivity index (χ3v) is 4.64. The van der Waals surface area contributed by atoms with E-state index in [1.54, 1.807) is 18.3 Å². The number of nitrogens with zero attached hydrogens (tertiary/aromatic N) is 4. The summed E-state index contributed by atoms with van der Waals surface area (Å²) in [7, 11) is 0. The van der Waals surface area contributed by atoms with Crippen molar-refractivity contribution in [3.8, 4) is 0 Å². The smallest absolute Gasteiger partial charge is 0.372 e. The van der Waals surface area contributed by atoms with Crippen LogP contribution in [0.4, 0.5) is 11.6 Å². The summed E-state index contributed by atoms with van der Waals surface area (Å²) in [6.45, 7) is 3.27. The Balaban J connectivity index is 1.49. The van der Waals surface area contributed by atoms with E-state index in [0.717, 1.165) is 19.7 Å². The Morgan fingerprint density at radius 2 is 2.39 bits per heavy atom. The molecule has 1 N–H and O–H groups in total. The number of pyridine rings is 1. The molecular formula is C15H19N5O3. The van der Waals surface area contributed by atoms with Gasteiger partial charge in [-0.25, -0.2) is 0 Å². The average Bonchev–Trinajstić information content (AvgIpc) is 3.16. The predicted octanol–water partition coefficient (Wildman–Crippen LogP) is 1.52. The third kappa shape index (κ3) is 2.64. The lowest BCUT2D eigenvalue weighted by molar-refractivity contribution is -0.389. The Morgan fingerprint density at radius 1 is 1.48 bits per heavy atom. The monoisotopic (exact) mass is 317 g/mol. The van der Waals surface area contributed by atoms with Gasteiger partial charge in [0.15, 0.2) is 0 Å². The summed E-state index contributed by atoms with van der Waals surface area (Å²) in [6, 6.07) is 5.87. The van der Waals surface area contributed by atoms with Gasteiger partial charge >= 0.3 is 5.82 Å². The molecule has 2 aliphatic heterocycles. The van der Waals surface area contributed by atoms with Gasteiger partial charge < -0.3 is 20.2 Å². The quantitative estimate of drug-likeness (QED) is 0.680.